The Morgan fingerprint density at radius 3 is 2.30 bits per heavy atom. The van der Waals surface area contributed by atoms with Crippen molar-refractivity contribution < 1.29 is 9.00 Å². The van der Waals surface area contributed by atoms with E-state index in [9.17, 15) is 9.00 Å². The number of benzene rings is 2. The summed E-state index contributed by atoms with van der Waals surface area (Å²) in [5.41, 5.74) is 2.47. The Balaban J connectivity index is 1.58. The molecular weight excluding hydrogens is 308 g/mol. The molecule has 1 amide bonds. The zero-order chi connectivity index (χ0) is 16.1. The summed E-state index contributed by atoms with van der Waals surface area (Å²) in [5, 5.41) is 0. The van der Waals surface area contributed by atoms with Gasteiger partial charge in [0.1, 0.15) is 11.0 Å². The number of anilines is 1. The van der Waals surface area contributed by atoms with Crippen LogP contribution in [0.2, 0.25) is 0 Å². The molecule has 0 aliphatic carbocycles. The number of rotatable bonds is 5. The van der Waals surface area contributed by atoms with Crippen LogP contribution in [0.1, 0.15) is 28.8 Å². The first-order chi connectivity index (χ1) is 11.2. The standard InChI is InChI=1S/C18H20N2O2S/c21-18(20-12-4-5-13-20)16-8-10-17(11-9-16)19-23(22)14-15-6-2-1-3-7-15/h1-3,6-11,19H,4-5,12-14H2. The van der Waals surface area contributed by atoms with Crippen LogP contribution in [0.3, 0.4) is 0 Å². The number of carbonyl (C=O) groups excluding carboxylic acids is 1. The maximum absolute atomic E-state index is 12.3. The molecule has 1 unspecified atom stereocenters. The second-order valence-electron chi connectivity index (χ2n) is 5.65. The van der Waals surface area contributed by atoms with Gasteiger partial charge in [-0.15, -0.1) is 0 Å². The quantitative estimate of drug-likeness (QED) is 0.916. The molecule has 1 fully saturated rings. The van der Waals surface area contributed by atoms with Crippen molar-refractivity contribution in [2.75, 3.05) is 17.8 Å². The summed E-state index contributed by atoms with van der Waals surface area (Å²) in [6, 6.07) is 16.9. The fraction of sp³-hybridized carbons (Fsp3) is 0.278. The minimum atomic E-state index is -1.19. The summed E-state index contributed by atoms with van der Waals surface area (Å²) in [6.07, 6.45) is 2.17. The molecule has 0 spiro atoms. The summed E-state index contributed by atoms with van der Waals surface area (Å²) in [7, 11) is -1.19. The highest BCUT2D eigenvalue weighted by molar-refractivity contribution is 7.85. The van der Waals surface area contributed by atoms with E-state index >= 15 is 0 Å². The monoisotopic (exact) mass is 328 g/mol. The zero-order valence-corrected chi connectivity index (χ0v) is 13.7. The molecule has 1 atom stereocenters. The van der Waals surface area contributed by atoms with Gasteiger partial charge in [0.05, 0.1) is 5.75 Å². The van der Waals surface area contributed by atoms with Crippen molar-refractivity contribution >= 4 is 22.6 Å². The Labute approximate surface area is 139 Å². The molecule has 1 heterocycles. The number of nitrogens with one attached hydrogen (secondary N) is 1. The van der Waals surface area contributed by atoms with Crippen LogP contribution in [0.4, 0.5) is 5.69 Å². The van der Waals surface area contributed by atoms with Crippen molar-refractivity contribution in [2.24, 2.45) is 0 Å². The second kappa shape index (κ2) is 7.42. The topological polar surface area (TPSA) is 49.4 Å². The summed E-state index contributed by atoms with van der Waals surface area (Å²) >= 11 is 0. The van der Waals surface area contributed by atoms with Gasteiger partial charge in [0.25, 0.3) is 5.91 Å². The molecule has 3 rings (SSSR count). The van der Waals surface area contributed by atoms with E-state index in [1.165, 1.54) is 0 Å². The molecule has 0 bridgehead atoms. The predicted octanol–water partition coefficient (Wildman–Crippen LogP) is 3.20. The Morgan fingerprint density at radius 2 is 1.65 bits per heavy atom. The number of hydrogen-bond acceptors (Lipinski definition) is 2. The van der Waals surface area contributed by atoms with E-state index in [0.29, 0.717) is 11.3 Å². The Kier molecular flexibility index (Phi) is 5.08. The van der Waals surface area contributed by atoms with Crippen molar-refractivity contribution in [2.45, 2.75) is 18.6 Å². The molecule has 2 aromatic carbocycles. The van der Waals surface area contributed by atoms with Crippen LogP contribution in [-0.4, -0.2) is 28.1 Å². The van der Waals surface area contributed by atoms with Gasteiger partial charge >= 0.3 is 0 Å². The van der Waals surface area contributed by atoms with Crippen LogP contribution >= 0.6 is 0 Å². The second-order valence-corrected chi connectivity index (χ2v) is 6.84. The lowest BCUT2D eigenvalue weighted by Gasteiger charge is -2.15. The van der Waals surface area contributed by atoms with Gasteiger partial charge in [0.2, 0.25) is 0 Å². The fourth-order valence-corrected chi connectivity index (χ4v) is 3.64. The van der Waals surface area contributed by atoms with Crippen LogP contribution in [0.25, 0.3) is 0 Å². The number of nitrogens with zero attached hydrogens (tertiary/aromatic N) is 1. The normalized spacial score (nSPS) is 15.4. The maximum atomic E-state index is 12.3. The lowest BCUT2D eigenvalue weighted by atomic mass is 10.2. The molecule has 23 heavy (non-hydrogen) atoms. The lowest BCUT2D eigenvalue weighted by Crippen LogP contribution is -2.27. The van der Waals surface area contributed by atoms with Gasteiger partial charge < -0.3 is 9.62 Å². The summed E-state index contributed by atoms with van der Waals surface area (Å²) in [4.78, 5) is 14.2. The molecule has 1 N–H and O–H groups in total. The molecule has 1 saturated heterocycles. The molecule has 1 aliphatic rings. The zero-order valence-electron chi connectivity index (χ0n) is 12.9. The first kappa shape index (κ1) is 15.7. The Bertz CT molecular complexity index is 680. The molecule has 0 radical (unpaired) electrons. The van der Waals surface area contributed by atoms with Gasteiger partial charge in [-0.25, -0.2) is 4.21 Å². The molecule has 0 saturated carbocycles. The minimum absolute atomic E-state index is 0.0828. The summed E-state index contributed by atoms with van der Waals surface area (Å²) < 4.78 is 15.1. The fourth-order valence-electron chi connectivity index (χ4n) is 2.68. The van der Waals surface area contributed by atoms with Gasteiger partial charge in [-0.05, 0) is 42.7 Å². The van der Waals surface area contributed by atoms with E-state index < -0.39 is 11.0 Å². The van der Waals surface area contributed by atoms with Crippen molar-refractivity contribution in [3.63, 3.8) is 0 Å². The summed E-state index contributed by atoms with van der Waals surface area (Å²) in [5.74, 6) is 0.537. The summed E-state index contributed by atoms with van der Waals surface area (Å²) in [6.45, 7) is 1.69. The smallest absolute Gasteiger partial charge is 0.253 e. The third-order valence-corrected chi connectivity index (χ3v) is 4.96. The van der Waals surface area contributed by atoms with Crippen LogP contribution in [0, 0.1) is 0 Å². The molecular formula is C18H20N2O2S. The number of amides is 1. The maximum Gasteiger partial charge on any atom is 0.253 e. The van der Waals surface area contributed by atoms with Crippen LogP contribution in [-0.2, 0) is 16.7 Å². The SMILES string of the molecule is O=C(c1ccc(NS(=O)Cc2ccccc2)cc1)N1CCCC1. The highest BCUT2D eigenvalue weighted by Gasteiger charge is 2.19. The highest BCUT2D eigenvalue weighted by atomic mass is 32.2. The minimum Gasteiger partial charge on any atom is -0.339 e. The molecule has 1 aliphatic heterocycles. The average Bonchev–Trinajstić information content (AvgIpc) is 3.10. The van der Waals surface area contributed by atoms with Gasteiger partial charge in [-0.2, -0.15) is 0 Å². The molecule has 4 nitrogen and oxygen atoms in total. The number of hydrogen-bond donors (Lipinski definition) is 1. The van der Waals surface area contributed by atoms with Gasteiger partial charge in [0.15, 0.2) is 0 Å². The van der Waals surface area contributed by atoms with Crippen molar-refractivity contribution in [1.29, 1.82) is 0 Å². The van der Waals surface area contributed by atoms with E-state index in [1.807, 2.05) is 47.4 Å². The van der Waals surface area contributed by atoms with E-state index in [1.54, 1.807) is 12.1 Å². The third-order valence-electron chi connectivity index (χ3n) is 3.90. The van der Waals surface area contributed by atoms with Crippen molar-refractivity contribution in [3.8, 4) is 0 Å². The molecule has 2 aromatic rings. The van der Waals surface area contributed by atoms with Gasteiger partial charge in [-0.3, -0.25) is 4.79 Å². The van der Waals surface area contributed by atoms with Gasteiger partial charge in [0, 0.05) is 24.3 Å². The largest absolute Gasteiger partial charge is 0.339 e. The highest BCUT2D eigenvalue weighted by Crippen LogP contribution is 2.16. The van der Waals surface area contributed by atoms with E-state index in [4.69, 9.17) is 0 Å². The molecule has 5 heteroatoms. The van der Waals surface area contributed by atoms with E-state index in [0.717, 1.165) is 37.2 Å². The average molecular weight is 328 g/mol. The first-order valence-corrected chi connectivity index (χ1v) is 9.12. The Morgan fingerprint density at radius 1 is 1.00 bits per heavy atom. The third kappa shape index (κ3) is 4.20. The first-order valence-electron chi connectivity index (χ1n) is 7.81. The lowest BCUT2D eigenvalue weighted by molar-refractivity contribution is 0.0793. The predicted molar refractivity (Wildman–Crippen MR) is 93.5 cm³/mol. The van der Waals surface area contributed by atoms with Crippen LogP contribution in [0.5, 0.6) is 0 Å². The van der Waals surface area contributed by atoms with E-state index in [-0.39, 0.29) is 5.91 Å². The molecule has 0 aromatic heterocycles. The van der Waals surface area contributed by atoms with Crippen molar-refractivity contribution in [3.05, 3.63) is 65.7 Å². The molecule has 120 valence electrons. The van der Waals surface area contributed by atoms with Crippen molar-refractivity contribution in [1.82, 2.24) is 4.90 Å². The van der Waals surface area contributed by atoms with Gasteiger partial charge in [-0.1, -0.05) is 30.3 Å². The number of likely N-dealkylation sites (tertiary alicyclic amines) is 1. The number of carbonyl (C=O) groups is 1. The van der Waals surface area contributed by atoms with Crippen LogP contribution in [0.15, 0.2) is 54.6 Å². The van der Waals surface area contributed by atoms with E-state index in [2.05, 4.69) is 4.72 Å². The van der Waals surface area contributed by atoms with Crippen LogP contribution < -0.4 is 4.72 Å². The Hall–Kier alpha value is -2.14.